The van der Waals surface area contributed by atoms with Crippen LogP contribution in [0.5, 0.6) is 0 Å². The van der Waals surface area contributed by atoms with Gasteiger partial charge in [0.25, 0.3) is 6.43 Å². The molecule has 10 heteroatoms. The zero-order valence-electron chi connectivity index (χ0n) is 22.2. The number of hydrogen-bond acceptors (Lipinski definition) is 6. The minimum absolute atomic E-state index is 0.0175. The van der Waals surface area contributed by atoms with Gasteiger partial charge in [0, 0.05) is 61.6 Å². The number of aryl methyl sites for hydroxylation is 1. The third-order valence-corrected chi connectivity index (χ3v) is 8.07. The molecule has 4 heterocycles. The number of hydrazone groups is 1. The molecule has 5 rings (SSSR count). The number of rotatable bonds is 5. The molecule has 1 fully saturated rings. The lowest BCUT2D eigenvalue weighted by atomic mass is 9.93. The third kappa shape index (κ3) is 4.83. The Morgan fingerprint density at radius 3 is 2.57 bits per heavy atom. The summed E-state index contributed by atoms with van der Waals surface area (Å²) in [5.41, 5.74) is 7.78. The van der Waals surface area contributed by atoms with Crippen LogP contribution < -0.4 is 10.3 Å². The van der Waals surface area contributed by atoms with E-state index in [1.807, 2.05) is 11.0 Å². The Balaban J connectivity index is 1.61. The molecule has 2 aromatic rings. The molecule has 200 valence electrons. The fourth-order valence-electron chi connectivity index (χ4n) is 6.05. The number of fused-ring (bicyclic) bond motifs is 2. The van der Waals surface area contributed by atoms with E-state index in [2.05, 4.69) is 32.1 Å². The van der Waals surface area contributed by atoms with Gasteiger partial charge in [0.1, 0.15) is 0 Å². The maximum atomic E-state index is 14.3. The van der Waals surface area contributed by atoms with E-state index in [0.29, 0.717) is 37.0 Å². The van der Waals surface area contributed by atoms with E-state index >= 15 is 0 Å². The Morgan fingerprint density at radius 1 is 1.14 bits per heavy atom. The second kappa shape index (κ2) is 10.4. The summed E-state index contributed by atoms with van der Waals surface area (Å²) in [4.78, 5) is 18.6. The van der Waals surface area contributed by atoms with Gasteiger partial charge in [-0.2, -0.15) is 10.2 Å². The highest BCUT2D eigenvalue weighted by atomic mass is 19.3. The van der Waals surface area contributed by atoms with Crippen molar-refractivity contribution in [1.82, 2.24) is 25.0 Å². The van der Waals surface area contributed by atoms with Crippen molar-refractivity contribution in [3.63, 3.8) is 0 Å². The maximum absolute atomic E-state index is 14.3. The van der Waals surface area contributed by atoms with Gasteiger partial charge in [0.2, 0.25) is 5.91 Å². The summed E-state index contributed by atoms with van der Waals surface area (Å²) in [6.07, 6.45) is 1.90. The van der Waals surface area contributed by atoms with Crippen LogP contribution in [0.4, 0.5) is 20.3 Å². The Kier molecular flexibility index (Phi) is 7.20. The van der Waals surface area contributed by atoms with Gasteiger partial charge in [-0.25, -0.2) is 8.78 Å². The van der Waals surface area contributed by atoms with E-state index < -0.39 is 6.43 Å². The maximum Gasteiger partial charge on any atom is 0.264 e. The second-order valence-corrected chi connectivity index (χ2v) is 10.5. The zero-order chi connectivity index (χ0) is 26.3. The highest BCUT2D eigenvalue weighted by Crippen LogP contribution is 2.41. The summed E-state index contributed by atoms with van der Waals surface area (Å²) in [7, 11) is 3.81. The average Bonchev–Trinajstić information content (AvgIpc) is 3.26. The van der Waals surface area contributed by atoms with Gasteiger partial charge in [0.15, 0.2) is 5.82 Å². The number of benzene rings is 1. The number of halogens is 2. The van der Waals surface area contributed by atoms with Crippen LogP contribution in [-0.2, 0) is 24.2 Å². The van der Waals surface area contributed by atoms with Crippen LogP contribution in [0.25, 0.3) is 0 Å². The standard InChI is InChI=1S/C27H37F2N7O/c1-17(31-30-3)21-14-19-6-5-10-35(25(19)15-22(21)26(28)29)27-23-16-34(18(2)37)13-9-24(23)36(32-27)20-7-11-33(4)12-8-20/h14-15,20,26,30H,5-13,16H2,1-4H3/b31-17+. The van der Waals surface area contributed by atoms with E-state index in [9.17, 15) is 13.6 Å². The summed E-state index contributed by atoms with van der Waals surface area (Å²) in [5, 5.41) is 9.35. The first-order chi connectivity index (χ1) is 17.8. The van der Waals surface area contributed by atoms with E-state index in [-0.39, 0.29) is 11.5 Å². The van der Waals surface area contributed by atoms with Gasteiger partial charge in [-0.05, 0) is 70.4 Å². The van der Waals surface area contributed by atoms with Crippen molar-refractivity contribution in [1.29, 1.82) is 0 Å². The number of carbonyl (C=O) groups is 1. The molecule has 0 radical (unpaired) electrons. The number of aromatic nitrogens is 2. The number of alkyl halides is 2. The largest absolute Gasteiger partial charge is 0.338 e. The van der Waals surface area contributed by atoms with Crippen LogP contribution >= 0.6 is 0 Å². The van der Waals surface area contributed by atoms with Crippen LogP contribution in [0, 0.1) is 0 Å². The molecule has 0 bridgehead atoms. The number of carbonyl (C=O) groups excluding carboxylic acids is 1. The van der Waals surface area contributed by atoms with Gasteiger partial charge in [0.05, 0.1) is 18.3 Å². The highest BCUT2D eigenvalue weighted by Gasteiger charge is 2.34. The molecule has 1 saturated heterocycles. The smallest absolute Gasteiger partial charge is 0.264 e. The first-order valence-corrected chi connectivity index (χ1v) is 13.3. The molecule has 37 heavy (non-hydrogen) atoms. The number of amides is 1. The summed E-state index contributed by atoms with van der Waals surface area (Å²) >= 11 is 0. The number of nitrogens with zero attached hydrogens (tertiary/aromatic N) is 6. The lowest BCUT2D eigenvalue weighted by Crippen LogP contribution is -2.36. The normalized spacial score (nSPS) is 19.3. The number of nitrogens with one attached hydrogen (secondary N) is 1. The van der Waals surface area contributed by atoms with Crippen molar-refractivity contribution in [2.45, 2.75) is 65.0 Å². The Morgan fingerprint density at radius 2 is 1.89 bits per heavy atom. The van der Waals surface area contributed by atoms with Crippen LogP contribution in [0.1, 0.15) is 73.5 Å². The fraction of sp³-hybridized carbons (Fsp3) is 0.593. The molecule has 0 atom stereocenters. The molecule has 3 aliphatic rings. The number of hydrogen-bond donors (Lipinski definition) is 1. The molecule has 1 aromatic carbocycles. The topological polar surface area (TPSA) is 69.0 Å². The van der Waals surface area contributed by atoms with Crippen molar-refractivity contribution in [2.24, 2.45) is 5.10 Å². The van der Waals surface area contributed by atoms with Gasteiger partial charge in [-0.15, -0.1) is 0 Å². The Bertz CT molecular complexity index is 1200. The lowest BCUT2D eigenvalue weighted by molar-refractivity contribution is -0.129. The van der Waals surface area contributed by atoms with Crippen molar-refractivity contribution in [3.05, 3.63) is 40.1 Å². The average molecular weight is 514 g/mol. The Labute approximate surface area is 217 Å². The third-order valence-electron chi connectivity index (χ3n) is 8.07. The van der Waals surface area contributed by atoms with Gasteiger partial charge < -0.3 is 20.1 Å². The minimum Gasteiger partial charge on any atom is -0.338 e. The first-order valence-electron chi connectivity index (χ1n) is 13.3. The molecule has 0 saturated carbocycles. The summed E-state index contributed by atoms with van der Waals surface area (Å²) in [5.74, 6) is 0.862. The molecule has 8 nitrogen and oxygen atoms in total. The van der Waals surface area contributed by atoms with E-state index in [1.54, 1.807) is 27.0 Å². The monoisotopic (exact) mass is 513 g/mol. The minimum atomic E-state index is -2.62. The molecular weight excluding hydrogens is 476 g/mol. The van der Waals surface area contributed by atoms with Crippen molar-refractivity contribution in [2.75, 3.05) is 45.2 Å². The first kappa shape index (κ1) is 25.6. The van der Waals surface area contributed by atoms with Crippen molar-refractivity contribution >= 4 is 23.1 Å². The van der Waals surface area contributed by atoms with Gasteiger partial charge >= 0.3 is 0 Å². The number of anilines is 2. The van der Waals surface area contributed by atoms with Crippen LogP contribution in [0.2, 0.25) is 0 Å². The van der Waals surface area contributed by atoms with Crippen molar-refractivity contribution < 1.29 is 13.6 Å². The SMILES string of the molecule is CN/N=C(\C)c1cc2c(cc1C(F)F)N(c1nn(C3CCN(C)CC3)c3c1CN(C(C)=O)CC3)CCC2. The summed E-state index contributed by atoms with van der Waals surface area (Å²) < 4.78 is 30.7. The molecule has 3 aliphatic heterocycles. The summed E-state index contributed by atoms with van der Waals surface area (Å²) in [6.45, 7) is 7.29. The fourth-order valence-corrected chi connectivity index (χ4v) is 6.05. The predicted molar refractivity (Wildman–Crippen MR) is 141 cm³/mol. The molecular formula is C27H37F2N7O. The van der Waals surface area contributed by atoms with Crippen LogP contribution in [-0.4, -0.2) is 71.5 Å². The predicted octanol–water partition coefficient (Wildman–Crippen LogP) is 4.02. The van der Waals surface area contributed by atoms with Crippen LogP contribution in [0.3, 0.4) is 0 Å². The van der Waals surface area contributed by atoms with E-state index in [1.165, 1.54) is 5.69 Å². The summed E-state index contributed by atoms with van der Waals surface area (Å²) in [6, 6.07) is 3.82. The lowest BCUT2D eigenvalue weighted by Gasteiger charge is -2.33. The Hall–Kier alpha value is -3.01. The van der Waals surface area contributed by atoms with Crippen molar-refractivity contribution in [3.8, 4) is 0 Å². The molecule has 1 N–H and O–H groups in total. The molecule has 0 unspecified atom stereocenters. The van der Waals surface area contributed by atoms with E-state index in [0.717, 1.165) is 67.8 Å². The zero-order valence-corrected chi connectivity index (χ0v) is 22.2. The highest BCUT2D eigenvalue weighted by molar-refractivity contribution is 6.01. The molecule has 0 spiro atoms. The molecule has 1 aromatic heterocycles. The molecule has 0 aliphatic carbocycles. The second-order valence-electron chi connectivity index (χ2n) is 10.5. The van der Waals surface area contributed by atoms with Crippen LogP contribution in [0.15, 0.2) is 17.2 Å². The quantitative estimate of drug-likeness (QED) is 0.483. The van der Waals surface area contributed by atoms with E-state index in [4.69, 9.17) is 5.10 Å². The van der Waals surface area contributed by atoms with Gasteiger partial charge in [-0.3, -0.25) is 9.48 Å². The molecule has 1 amide bonds. The number of piperidine rings is 1. The van der Waals surface area contributed by atoms with Gasteiger partial charge in [-0.1, -0.05) is 0 Å². The number of likely N-dealkylation sites (tertiary alicyclic amines) is 1.